The standard InChI is InChI=1S/C17H33NO2/c1-12(2)6-14(11-18)8-16(19)20-15-7-13(3)9-17(4,5)10-15/h12-15H,6-11,18H2,1-5H3. The van der Waals surface area contributed by atoms with Gasteiger partial charge in [0, 0.05) is 6.42 Å². The second-order valence-corrected chi connectivity index (χ2v) is 7.96. The molecule has 118 valence electrons. The van der Waals surface area contributed by atoms with E-state index in [1.807, 2.05) is 0 Å². The predicted octanol–water partition coefficient (Wildman–Crippen LogP) is 3.76. The summed E-state index contributed by atoms with van der Waals surface area (Å²) in [4.78, 5) is 12.1. The molecule has 3 nitrogen and oxygen atoms in total. The number of ether oxygens (including phenoxy) is 1. The van der Waals surface area contributed by atoms with Crippen molar-refractivity contribution in [1.29, 1.82) is 0 Å². The first-order valence-corrected chi connectivity index (χ1v) is 8.11. The van der Waals surface area contributed by atoms with Crippen molar-refractivity contribution in [3.05, 3.63) is 0 Å². The molecule has 1 saturated carbocycles. The van der Waals surface area contributed by atoms with E-state index in [1.54, 1.807) is 0 Å². The van der Waals surface area contributed by atoms with E-state index in [1.165, 1.54) is 6.42 Å². The minimum atomic E-state index is -0.0593. The fourth-order valence-corrected chi connectivity index (χ4v) is 3.75. The third-order valence-electron chi connectivity index (χ3n) is 4.24. The minimum absolute atomic E-state index is 0.0593. The van der Waals surface area contributed by atoms with Crippen LogP contribution in [-0.4, -0.2) is 18.6 Å². The molecule has 0 aliphatic heterocycles. The molecule has 0 aromatic carbocycles. The van der Waals surface area contributed by atoms with Gasteiger partial charge in [0.25, 0.3) is 0 Å². The Bertz CT molecular complexity index is 312. The first kappa shape index (κ1) is 17.5. The average Bonchev–Trinajstić information content (AvgIpc) is 2.23. The van der Waals surface area contributed by atoms with Crippen molar-refractivity contribution in [3.63, 3.8) is 0 Å². The van der Waals surface area contributed by atoms with Crippen molar-refractivity contribution in [2.75, 3.05) is 6.54 Å². The van der Waals surface area contributed by atoms with Crippen LogP contribution in [0.1, 0.15) is 66.7 Å². The highest BCUT2D eigenvalue weighted by molar-refractivity contribution is 5.69. The Balaban J connectivity index is 2.45. The topological polar surface area (TPSA) is 52.3 Å². The molecule has 1 rings (SSSR count). The van der Waals surface area contributed by atoms with Gasteiger partial charge < -0.3 is 10.5 Å². The van der Waals surface area contributed by atoms with Gasteiger partial charge in [0.2, 0.25) is 0 Å². The molecule has 0 amide bonds. The van der Waals surface area contributed by atoms with Crippen molar-refractivity contribution in [3.8, 4) is 0 Å². The summed E-state index contributed by atoms with van der Waals surface area (Å²) in [6, 6.07) is 0. The number of nitrogens with two attached hydrogens (primary N) is 1. The van der Waals surface area contributed by atoms with Gasteiger partial charge in [0.15, 0.2) is 0 Å². The molecule has 0 radical (unpaired) electrons. The molecule has 0 saturated heterocycles. The Labute approximate surface area is 124 Å². The maximum atomic E-state index is 12.1. The zero-order valence-corrected chi connectivity index (χ0v) is 13.9. The van der Waals surface area contributed by atoms with Crippen molar-refractivity contribution >= 4 is 5.97 Å². The summed E-state index contributed by atoms with van der Waals surface area (Å²) in [7, 11) is 0. The molecule has 0 bridgehead atoms. The number of hydrogen-bond acceptors (Lipinski definition) is 3. The van der Waals surface area contributed by atoms with Crippen LogP contribution in [0.25, 0.3) is 0 Å². The monoisotopic (exact) mass is 283 g/mol. The van der Waals surface area contributed by atoms with E-state index < -0.39 is 0 Å². The van der Waals surface area contributed by atoms with Crippen LogP contribution >= 0.6 is 0 Å². The van der Waals surface area contributed by atoms with Crippen LogP contribution in [-0.2, 0) is 9.53 Å². The van der Waals surface area contributed by atoms with E-state index in [4.69, 9.17) is 10.5 Å². The van der Waals surface area contributed by atoms with Crippen molar-refractivity contribution < 1.29 is 9.53 Å². The summed E-state index contributed by atoms with van der Waals surface area (Å²) in [6.45, 7) is 11.7. The van der Waals surface area contributed by atoms with Crippen molar-refractivity contribution in [2.45, 2.75) is 72.8 Å². The third kappa shape index (κ3) is 6.25. The summed E-state index contributed by atoms with van der Waals surface area (Å²) < 4.78 is 5.72. The molecule has 0 spiro atoms. The van der Waals surface area contributed by atoms with E-state index in [2.05, 4.69) is 34.6 Å². The quantitative estimate of drug-likeness (QED) is 0.755. The van der Waals surface area contributed by atoms with Gasteiger partial charge in [-0.15, -0.1) is 0 Å². The second kappa shape index (κ2) is 7.44. The molecule has 1 aliphatic rings. The third-order valence-corrected chi connectivity index (χ3v) is 4.24. The summed E-state index contributed by atoms with van der Waals surface area (Å²) in [6.07, 6.45) is 4.78. The van der Waals surface area contributed by atoms with E-state index in [0.717, 1.165) is 19.3 Å². The van der Waals surface area contributed by atoms with E-state index in [-0.39, 0.29) is 23.4 Å². The molecule has 1 fully saturated rings. The predicted molar refractivity (Wildman–Crippen MR) is 83.3 cm³/mol. The minimum Gasteiger partial charge on any atom is -0.462 e. The lowest BCUT2D eigenvalue weighted by Gasteiger charge is -2.38. The fraction of sp³-hybridized carbons (Fsp3) is 0.941. The number of hydrogen-bond donors (Lipinski definition) is 1. The molecule has 0 aromatic rings. The van der Waals surface area contributed by atoms with Gasteiger partial charge in [0.05, 0.1) is 0 Å². The lowest BCUT2D eigenvalue weighted by molar-refractivity contribution is -0.154. The molecule has 2 N–H and O–H groups in total. The molecule has 20 heavy (non-hydrogen) atoms. The summed E-state index contributed by atoms with van der Waals surface area (Å²) in [5.74, 6) is 1.41. The van der Waals surface area contributed by atoms with Crippen LogP contribution in [0.5, 0.6) is 0 Å². The largest absolute Gasteiger partial charge is 0.462 e. The number of esters is 1. The smallest absolute Gasteiger partial charge is 0.306 e. The van der Waals surface area contributed by atoms with Gasteiger partial charge in [-0.1, -0.05) is 34.6 Å². The fourth-order valence-electron chi connectivity index (χ4n) is 3.75. The molecule has 1 aliphatic carbocycles. The van der Waals surface area contributed by atoms with Crippen LogP contribution < -0.4 is 5.73 Å². The molecule has 3 atom stereocenters. The first-order valence-electron chi connectivity index (χ1n) is 8.11. The Morgan fingerprint density at radius 2 is 2.00 bits per heavy atom. The molecule has 0 heterocycles. The Morgan fingerprint density at radius 3 is 2.50 bits per heavy atom. The molecule has 3 heteroatoms. The normalized spacial score (nSPS) is 27.4. The molecular weight excluding hydrogens is 250 g/mol. The second-order valence-electron chi connectivity index (χ2n) is 7.96. The Hall–Kier alpha value is -0.570. The Kier molecular flexibility index (Phi) is 6.50. The van der Waals surface area contributed by atoms with Crippen LogP contribution in [0.4, 0.5) is 0 Å². The number of rotatable bonds is 6. The summed E-state index contributed by atoms with van der Waals surface area (Å²) in [5, 5.41) is 0. The van der Waals surface area contributed by atoms with Crippen LogP contribution in [0, 0.1) is 23.2 Å². The maximum absolute atomic E-state index is 12.1. The summed E-state index contributed by atoms with van der Waals surface area (Å²) in [5.41, 5.74) is 6.05. The summed E-state index contributed by atoms with van der Waals surface area (Å²) >= 11 is 0. The Morgan fingerprint density at radius 1 is 1.35 bits per heavy atom. The highest BCUT2D eigenvalue weighted by atomic mass is 16.5. The molecule has 3 unspecified atom stereocenters. The van der Waals surface area contributed by atoms with Gasteiger partial charge in [-0.05, 0) is 55.4 Å². The molecule has 0 aromatic heterocycles. The first-order chi connectivity index (χ1) is 9.21. The average molecular weight is 283 g/mol. The SMILES string of the molecule is CC(C)CC(CN)CC(=O)OC1CC(C)CC(C)(C)C1. The van der Waals surface area contributed by atoms with Crippen LogP contribution in [0.15, 0.2) is 0 Å². The van der Waals surface area contributed by atoms with E-state index >= 15 is 0 Å². The number of carbonyl (C=O) groups excluding carboxylic acids is 1. The van der Waals surface area contributed by atoms with Gasteiger partial charge >= 0.3 is 5.97 Å². The van der Waals surface area contributed by atoms with Crippen LogP contribution in [0.3, 0.4) is 0 Å². The highest BCUT2D eigenvalue weighted by Crippen LogP contribution is 2.39. The van der Waals surface area contributed by atoms with E-state index in [9.17, 15) is 4.79 Å². The molecular formula is C17H33NO2. The van der Waals surface area contributed by atoms with Gasteiger partial charge in [0.1, 0.15) is 6.10 Å². The zero-order valence-electron chi connectivity index (χ0n) is 13.9. The van der Waals surface area contributed by atoms with Gasteiger partial charge in [-0.3, -0.25) is 4.79 Å². The maximum Gasteiger partial charge on any atom is 0.306 e. The van der Waals surface area contributed by atoms with Gasteiger partial charge in [-0.2, -0.15) is 0 Å². The number of carbonyl (C=O) groups is 1. The highest BCUT2D eigenvalue weighted by Gasteiger charge is 2.34. The van der Waals surface area contributed by atoms with Crippen LogP contribution in [0.2, 0.25) is 0 Å². The lowest BCUT2D eigenvalue weighted by Crippen LogP contribution is -2.34. The lowest BCUT2D eigenvalue weighted by atomic mass is 9.71. The zero-order chi connectivity index (χ0) is 15.3. The van der Waals surface area contributed by atoms with Crippen molar-refractivity contribution in [1.82, 2.24) is 0 Å². The van der Waals surface area contributed by atoms with Gasteiger partial charge in [-0.25, -0.2) is 0 Å². The van der Waals surface area contributed by atoms with E-state index in [0.29, 0.717) is 24.8 Å². The van der Waals surface area contributed by atoms with Crippen molar-refractivity contribution in [2.24, 2.45) is 28.9 Å².